The van der Waals surface area contributed by atoms with Crippen LogP contribution in [0.5, 0.6) is 0 Å². The maximum atomic E-state index is 13.5. The van der Waals surface area contributed by atoms with Crippen molar-refractivity contribution in [1.29, 1.82) is 0 Å². The number of nitrogens with zero attached hydrogens (tertiary/aromatic N) is 1. The molecule has 0 aromatic heterocycles. The molecule has 4 aliphatic carbocycles. The molecule has 2 amide bonds. The predicted molar refractivity (Wildman–Crippen MR) is 115 cm³/mol. The monoisotopic (exact) mass is 396 g/mol. The van der Waals surface area contributed by atoms with Gasteiger partial charge in [0.05, 0.1) is 0 Å². The molecule has 4 bridgehead atoms. The van der Waals surface area contributed by atoms with E-state index in [0.717, 1.165) is 42.6 Å². The highest BCUT2D eigenvalue weighted by Crippen LogP contribution is 2.60. The molecule has 29 heavy (non-hydrogen) atoms. The normalized spacial score (nSPS) is 31.0. The highest BCUT2D eigenvalue weighted by molar-refractivity contribution is 5.90. The van der Waals surface area contributed by atoms with Gasteiger partial charge in [0.2, 0.25) is 11.8 Å². The zero-order valence-corrected chi connectivity index (χ0v) is 18.4. The van der Waals surface area contributed by atoms with E-state index in [9.17, 15) is 9.59 Å². The fourth-order valence-electron chi connectivity index (χ4n) is 6.55. The van der Waals surface area contributed by atoms with Gasteiger partial charge < -0.3 is 10.2 Å². The number of amides is 2. The van der Waals surface area contributed by atoms with Gasteiger partial charge in [0, 0.05) is 19.0 Å². The number of likely N-dealkylation sites (N-methyl/N-ethyl adjacent to an activating group) is 1. The molecular formula is C25H36N2O2. The summed E-state index contributed by atoms with van der Waals surface area (Å²) in [6.07, 6.45) is 7.05. The average Bonchev–Trinajstić information content (AvgIpc) is 2.65. The first-order valence-electron chi connectivity index (χ1n) is 11.4. The van der Waals surface area contributed by atoms with Crippen LogP contribution in [0.25, 0.3) is 0 Å². The zero-order valence-electron chi connectivity index (χ0n) is 18.4. The van der Waals surface area contributed by atoms with Gasteiger partial charge in [-0.05, 0) is 80.2 Å². The van der Waals surface area contributed by atoms with Crippen molar-refractivity contribution in [1.82, 2.24) is 10.2 Å². The maximum absolute atomic E-state index is 13.5. The summed E-state index contributed by atoms with van der Waals surface area (Å²) in [5.41, 5.74) is 2.13. The number of hydrogen-bond donors (Lipinski definition) is 1. The van der Waals surface area contributed by atoms with Crippen LogP contribution in [0.2, 0.25) is 0 Å². The highest BCUT2D eigenvalue weighted by Gasteiger charge is 2.55. The fraction of sp³-hybridized carbons (Fsp3) is 0.680. The van der Waals surface area contributed by atoms with E-state index in [1.807, 2.05) is 33.0 Å². The summed E-state index contributed by atoms with van der Waals surface area (Å²) in [7, 11) is 1.85. The molecule has 1 unspecified atom stereocenters. The summed E-state index contributed by atoms with van der Waals surface area (Å²) >= 11 is 0. The standard InChI is InChI=1S/C25H36N2O2/c1-16(2)22(23(28)27(4)15-21-8-6-5-7-17(21)3)26-24(29)25-12-18-9-19(13-25)11-20(10-18)14-25/h5-8,16,18-20,22H,9-15H2,1-4H3,(H,26,29). The average molecular weight is 397 g/mol. The van der Waals surface area contributed by atoms with Gasteiger partial charge in [-0.15, -0.1) is 0 Å². The summed E-state index contributed by atoms with van der Waals surface area (Å²) in [6.45, 7) is 6.71. The van der Waals surface area contributed by atoms with Crippen LogP contribution in [0, 0.1) is 36.0 Å². The topological polar surface area (TPSA) is 49.4 Å². The molecule has 4 heteroatoms. The molecule has 1 atom stereocenters. The lowest BCUT2D eigenvalue weighted by molar-refractivity contribution is -0.150. The minimum atomic E-state index is -0.454. The Kier molecular flexibility index (Phi) is 5.48. The summed E-state index contributed by atoms with van der Waals surface area (Å²) in [5.74, 6) is 2.41. The van der Waals surface area contributed by atoms with Crippen LogP contribution in [-0.2, 0) is 16.1 Å². The summed E-state index contributed by atoms with van der Waals surface area (Å²) in [4.78, 5) is 28.5. The lowest BCUT2D eigenvalue weighted by Gasteiger charge is -2.56. The van der Waals surface area contributed by atoms with Gasteiger partial charge in [0.25, 0.3) is 0 Å². The van der Waals surface area contributed by atoms with E-state index >= 15 is 0 Å². The number of benzene rings is 1. The smallest absolute Gasteiger partial charge is 0.245 e. The Bertz CT molecular complexity index is 749. The molecule has 0 heterocycles. The number of hydrogen-bond acceptors (Lipinski definition) is 2. The second-order valence-corrected chi connectivity index (χ2v) is 10.5. The minimum absolute atomic E-state index is 0.0151. The predicted octanol–water partition coefficient (Wildman–Crippen LogP) is 4.31. The molecule has 0 radical (unpaired) electrons. The lowest BCUT2D eigenvalue weighted by atomic mass is 9.49. The Morgan fingerprint density at radius 1 is 1.07 bits per heavy atom. The van der Waals surface area contributed by atoms with Crippen molar-refractivity contribution >= 4 is 11.8 Å². The fourth-order valence-corrected chi connectivity index (χ4v) is 6.55. The van der Waals surface area contributed by atoms with E-state index in [-0.39, 0.29) is 23.1 Å². The van der Waals surface area contributed by atoms with E-state index in [2.05, 4.69) is 24.4 Å². The van der Waals surface area contributed by atoms with Crippen molar-refractivity contribution in [2.45, 2.75) is 71.9 Å². The molecule has 1 aromatic carbocycles. The Labute approximate surface area is 175 Å². The van der Waals surface area contributed by atoms with Crippen molar-refractivity contribution in [3.63, 3.8) is 0 Å². The molecule has 4 saturated carbocycles. The summed E-state index contributed by atoms with van der Waals surface area (Å²) in [6, 6.07) is 7.71. The van der Waals surface area contributed by atoms with Crippen molar-refractivity contribution in [2.75, 3.05) is 7.05 Å². The van der Waals surface area contributed by atoms with Crippen LogP contribution < -0.4 is 5.32 Å². The Balaban J connectivity index is 1.45. The van der Waals surface area contributed by atoms with Gasteiger partial charge in [0.15, 0.2) is 0 Å². The van der Waals surface area contributed by atoms with Gasteiger partial charge in [-0.25, -0.2) is 0 Å². The zero-order chi connectivity index (χ0) is 20.8. The van der Waals surface area contributed by atoms with Crippen LogP contribution in [0.4, 0.5) is 0 Å². The van der Waals surface area contributed by atoms with Gasteiger partial charge in [-0.2, -0.15) is 0 Å². The van der Waals surface area contributed by atoms with Crippen molar-refractivity contribution < 1.29 is 9.59 Å². The molecule has 4 aliphatic rings. The number of nitrogens with one attached hydrogen (secondary N) is 1. The van der Waals surface area contributed by atoms with Gasteiger partial charge in [-0.3, -0.25) is 9.59 Å². The van der Waals surface area contributed by atoms with E-state index in [4.69, 9.17) is 0 Å². The van der Waals surface area contributed by atoms with E-state index in [1.165, 1.54) is 24.8 Å². The van der Waals surface area contributed by atoms with Crippen molar-refractivity contribution in [3.05, 3.63) is 35.4 Å². The largest absolute Gasteiger partial charge is 0.344 e. The molecule has 4 nitrogen and oxygen atoms in total. The summed E-state index contributed by atoms with van der Waals surface area (Å²) < 4.78 is 0. The molecule has 5 rings (SSSR count). The molecule has 0 saturated heterocycles. The third kappa shape index (κ3) is 3.95. The van der Waals surface area contributed by atoms with Gasteiger partial charge in [0.1, 0.15) is 6.04 Å². The quantitative estimate of drug-likeness (QED) is 0.779. The van der Waals surface area contributed by atoms with Crippen LogP contribution in [0.3, 0.4) is 0 Å². The Morgan fingerprint density at radius 2 is 1.62 bits per heavy atom. The van der Waals surface area contributed by atoms with Crippen molar-refractivity contribution in [2.24, 2.45) is 29.1 Å². The molecule has 4 fully saturated rings. The lowest BCUT2D eigenvalue weighted by Crippen LogP contribution is -2.58. The first kappa shape index (κ1) is 20.4. The second kappa shape index (κ2) is 7.77. The van der Waals surface area contributed by atoms with Crippen LogP contribution in [-0.4, -0.2) is 29.8 Å². The SMILES string of the molecule is Cc1ccccc1CN(C)C(=O)C(NC(=O)C12CC3CC(CC(C3)C1)C2)C(C)C. The van der Waals surface area contributed by atoms with Gasteiger partial charge >= 0.3 is 0 Å². The van der Waals surface area contributed by atoms with Crippen molar-refractivity contribution in [3.8, 4) is 0 Å². The van der Waals surface area contributed by atoms with Crippen LogP contribution >= 0.6 is 0 Å². The molecule has 1 N–H and O–H groups in total. The van der Waals surface area contributed by atoms with E-state index < -0.39 is 6.04 Å². The summed E-state index contributed by atoms with van der Waals surface area (Å²) in [5, 5.41) is 3.22. The third-order valence-electron chi connectivity index (χ3n) is 7.78. The van der Waals surface area contributed by atoms with E-state index in [1.54, 1.807) is 4.90 Å². The molecule has 0 spiro atoms. The number of rotatable bonds is 6. The second-order valence-electron chi connectivity index (χ2n) is 10.5. The molecule has 158 valence electrons. The Morgan fingerprint density at radius 3 is 2.14 bits per heavy atom. The van der Waals surface area contributed by atoms with Crippen LogP contribution in [0.1, 0.15) is 63.5 Å². The first-order chi connectivity index (χ1) is 13.8. The van der Waals surface area contributed by atoms with Crippen LogP contribution in [0.15, 0.2) is 24.3 Å². The third-order valence-corrected chi connectivity index (χ3v) is 7.78. The van der Waals surface area contributed by atoms with Gasteiger partial charge in [-0.1, -0.05) is 38.1 Å². The van der Waals surface area contributed by atoms with E-state index in [0.29, 0.717) is 6.54 Å². The molecule has 1 aromatic rings. The minimum Gasteiger partial charge on any atom is -0.344 e. The molecule has 0 aliphatic heterocycles. The Hall–Kier alpha value is -1.84. The highest BCUT2D eigenvalue weighted by atomic mass is 16.2. The maximum Gasteiger partial charge on any atom is 0.245 e. The molecular weight excluding hydrogens is 360 g/mol. The first-order valence-corrected chi connectivity index (χ1v) is 11.4. The number of carbonyl (C=O) groups excluding carboxylic acids is 2. The number of aryl methyl sites for hydroxylation is 1. The number of carbonyl (C=O) groups is 2.